The van der Waals surface area contributed by atoms with Crippen molar-refractivity contribution in [3.05, 3.63) is 53.2 Å². The van der Waals surface area contributed by atoms with Crippen LogP contribution in [0.1, 0.15) is 30.2 Å². The summed E-state index contributed by atoms with van der Waals surface area (Å²) in [4.78, 5) is 0. The van der Waals surface area contributed by atoms with Crippen LogP contribution in [0.2, 0.25) is 0 Å². The summed E-state index contributed by atoms with van der Waals surface area (Å²) in [6, 6.07) is 2.93. The van der Waals surface area contributed by atoms with Gasteiger partial charge in [-0.05, 0) is 18.9 Å². The molecule has 1 heterocycles. The van der Waals surface area contributed by atoms with E-state index in [9.17, 15) is 13.2 Å². The highest BCUT2D eigenvalue weighted by molar-refractivity contribution is 5.49. The van der Waals surface area contributed by atoms with E-state index in [-0.39, 0.29) is 11.7 Å². The van der Waals surface area contributed by atoms with Gasteiger partial charge in [-0.1, -0.05) is 0 Å². The van der Waals surface area contributed by atoms with Gasteiger partial charge in [-0.15, -0.1) is 0 Å². The van der Waals surface area contributed by atoms with Crippen LogP contribution in [0.3, 0.4) is 0 Å². The first-order chi connectivity index (χ1) is 9.15. The van der Waals surface area contributed by atoms with Gasteiger partial charge in [0.2, 0.25) is 0 Å². The number of hydrogen-bond acceptors (Lipinski definition) is 2. The zero-order valence-corrected chi connectivity index (χ0v) is 10.1. The molecular formula is C14H12F3NO. The molecule has 1 aromatic carbocycles. The average molecular weight is 267 g/mol. The largest absolute Gasteiger partial charge is 0.469 e. The van der Waals surface area contributed by atoms with Crippen molar-refractivity contribution in [2.45, 2.75) is 25.3 Å². The second-order valence-electron chi connectivity index (χ2n) is 4.63. The molecule has 3 rings (SSSR count). The molecule has 1 atom stereocenters. The van der Waals surface area contributed by atoms with E-state index in [0.717, 1.165) is 30.6 Å². The lowest BCUT2D eigenvalue weighted by Crippen LogP contribution is -2.17. The maximum absolute atomic E-state index is 13.6. The summed E-state index contributed by atoms with van der Waals surface area (Å²) >= 11 is 0. The molecule has 0 saturated heterocycles. The SMILES string of the molecule is Fc1cc(F)c(NC2CCCc3occc32)c(F)c1. The van der Waals surface area contributed by atoms with Gasteiger partial charge < -0.3 is 9.73 Å². The minimum Gasteiger partial charge on any atom is -0.469 e. The molecule has 2 aromatic rings. The number of benzene rings is 1. The van der Waals surface area contributed by atoms with Crippen molar-refractivity contribution in [3.63, 3.8) is 0 Å². The van der Waals surface area contributed by atoms with E-state index < -0.39 is 17.5 Å². The fourth-order valence-corrected chi connectivity index (χ4v) is 2.49. The number of rotatable bonds is 2. The Labute approximate surface area is 108 Å². The van der Waals surface area contributed by atoms with Crippen molar-refractivity contribution in [1.29, 1.82) is 0 Å². The Morgan fingerprint density at radius 2 is 1.89 bits per heavy atom. The highest BCUT2D eigenvalue weighted by Gasteiger charge is 2.24. The third-order valence-electron chi connectivity index (χ3n) is 3.38. The molecule has 0 saturated carbocycles. The zero-order chi connectivity index (χ0) is 13.4. The van der Waals surface area contributed by atoms with Crippen LogP contribution >= 0.6 is 0 Å². The van der Waals surface area contributed by atoms with Crippen molar-refractivity contribution in [2.75, 3.05) is 5.32 Å². The van der Waals surface area contributed by atoms with Crippen LogP contribution in [0.15, 0.2) is 28.9 Å². The van der Waals surface area contributed by atoms with Crippen LogP contribution < -0.4 is 5.32 Å². The molecule has 1 aliphatic carbocycles. The predicted octanol–water partition coefficient (Wildman–Crippen LogP) is 4.19. The molecule has 19 heavy (non-hydrogen) atoms. The normalized spacial score (nSPS) is 18.2. The fourth-order valence-electron chi connectivity index (χ4n) is 2.49. The van der Waals surface area contributed by atoms with E-state index >= 15 is 0 Å². The number of anilines is 1. The van der Waals surface area contributed by atoms with Crippen LogP contribution in [0.4, 0.5) is 18.9 Å². The minimum atomic E-state index is -0.923. The first kappa shape index (κ1) is 12.1. The van der Waals surface area contributed by atoms with Crippen molar-refractivity contribution < 1.29 is 17.6 Å². The molecule has 0 radical (unpaired) electrons. The molecule has 2 nitrogen and oxygen atoms in total. The second kappa shape index (κ2) is 4.64. The Bertz CT molecular complexity index is 585. The first-order valence-corrected chi connectivity index (χ1v) is 6.12. The van der Waals surface area contributed by atoms with Crippen LogP contribution in [0.25, 0.3) is 0 Å². The molecule has 0 bridgehead atoms. The van der Waals surface area contributed by atoms with Gasteiger partial charge in [0.1, 0.15) is 17.3 Å². The lowest BCUT2D eigenvalue weighted by atomic mass is 9.93. The van der Waals surface area contributed by atoms with Crippen LogP contribution in [-0.2, 0) is 6.42 Å². The maximum atomic E-state index is 13.6. The van der Waals surface area contributed by atoms with Gasteiger partial charge in [0, 0.05) is 24.1 Å². The van der Waals surface area contributed by atoms with E-state index in [1.807, 2.05) is 0 Å². The van der Waals surface area contributed by atoms with Gasteiger partial charge >= 0.3 is 0 Å². The van der Waals surface area contributed by atoms with Gasteiger partial charge in [-0.25, -0.2) is 13.2 Å². The van der Waals surface area contributed by atoms with Gasteiger partial charge in [0.25, 0.3) is 0 Å². The number of nitrogens with one attached hydrogen (secondary N) is 1. The molecule has 0 fully saturated rings. The van der Waals surface area contributed by atoms with Crippen LogP contribution in [0.5, 0.6) is 0 Å². The molecule has 1 aromatic heterocycles. The van der Waals surface area contributed by atoms with E-state index in [2.05, 4.69) is 5.32 Å². The summed E-state index contributed by atoms with van der Waals surface area (Å²) in [5, 5.41) is 2.81. The fraction of sp³-hybridized carbons (Fsp3) is 0.286. The Morgan fingerprint density at radius 1 is 1.16 bits per heavy atom. The Hall–Kier alpha value is -1.91. The van der Waals surface area contributed by atoms with Crippen LogP contribution in [-0.4, -0.2) is 0 Å². The standard InChI is InChI=1S/C14H12F3NO/c15-8-6-10(16)14(11(17)7-8)18-12-2-1-3-13-9(12)4-5-19-13/h4-7,12,18H,1-3H2. The van der Waals surface area contributed by atoms with Gasteiger partial charge in [-0.3, -0.25) is 0 Å². The number of fused-ring (bicyclic) bond motifs is 1. The third-order valence-corrected chi connectivity index (χ3v) is 3.38. The van der Waals surface area contributed by atoms with Crippen molar-refractivity contribution in [2.24, 2.45) is 0 Å². The highest BCUT2D eigenvalue weighted by Crippen LogP contribution is 2.34. The number of halogens is 3. The zero-order valence-electron chi connectivity index (χ0n) is 10.1. The quantitative estimate of drug-likeness (QED) is 0.882. The minimum absolute atomic E-state index is 0.211. The molecule has 0 aliphatic heterocycles. The van der Waals surface area contributed by atoms with Gasteiger partial charge in [0.15, 0.2) is 11.6 Å². The molecule has 0 spiro atoms. The van der Waals surface area contributed by atoms with E-state index in [0.29, 0.717) is 12.1 Å². The molecule has 100 valence electrons. The van der Waals surface area contributed by atoms with E-state index in [1.165, 1.54) is 0 Å². The number of hydrogen-bond donors (Lipinski definition) is 1. The second-order valence-corrected chi connectivity index (χ2v) is 4.63. The molecule has 1 unspecified atom stereocenters. The van der Waals surface area contributed by atoms with Crippen molar-refractivity contribution >= 4 is 5.69 Å². The van der Waals surface area contributed by atoms with Crippen LogP contribution in [0, 0.1) is 17.5 Å². The summed E-state index contributed by atoms with van der Waals surface area (Å²) < 4.78 is 45.4. The maximum Gasteiger partial charge on any atom is 0.152 e. The average Bonchev–Trinajstić information content (AvgIpc) is 2.82. The number of aryl methyl sites for hydroxylation is 1. The lowest BCUT2D eigenvalue weighted by Gasteiger charge is -2.24. The highest BCUT2D eigenvalue weighted by atomic mass is 19.1. The number of furan rings is 1. The van der Waals surface area contributed by atoms with Gasteiger partial charge in [0.05, 0.1) is 12.3 Å². The Kier molecular flexibility index (Phi) is 2.97. The molecular weight excluding hydrogens is 255 g/mol. The molecule has 0 amide bonds. The smallest absolute Gasteiger partial charge is 0.152 e. The molecule has 1 N–H and O–H groups in total. The molecule has 5 heteroatoms. The Balaban J connectivity index is 1.92. The van der Waals surface area contributed by atoms with E-state index in [1.54, 1.807) is 12.3 Å². The van der Waals surface area contributed by atoms with Crippen molar-refractivity contribution in [1.82, 2.24) is 0 Å². The van der Waals surface area contributed by atoms with Crippen molar-refractivity contribution in [3.8, 4) is 0 Å². The third kappa shape index (κ3) is 2.20. The first-order valence-electron chi connectivity index (χ1n) is 6.12. The predicted molar refractivity (Wildman–Crippen MR) is 64.3 cm³/mol. The van der Waals surface area contributed by atoms with E-state index in [4.69, 9.17) is 4.42 Å². The monoisotopic (exact) mass is 267 g/mol. The summed E-state index contributed by atoms with van der Waals surface area (Å²) in [7, 11) is 0. The lowest BCUT2D eigenvalue weighted by molar-refractivity contribution is 0.459. The topological polar surface area (TPSA) is 25.2 Å². The summed E-state index contributed by atoms with van der Waals surface area (Å²) in [5.41, 5.74) is 0.620. The summed E-state index contributed by atoms with van der Waals surface area (Å²) in [6.07, 6.45) is 4.03. The summed E-state index contributed by atoms with van der Waals surface area (Å²) in [5.74, 6) is -1.93. The molecule has 1 aliphatic rings. The Morgan fingerprint density at radius 3 is 2.63 bits per heavy atom. The van der Waals surface area contributed by atoms with Gasteiger partial charge in [-0.2, -0.15) is 0 Å². The summed E-state index contributed by atoms with van der Waals surface area (Å²) in [6.45, 7) is 0.